The summed E-state index contributed by atoms with van der Waals surface area (Å²) >= 11 is 1.45. The molecule has 11 heteroatoms. The molecule has 3 aromatic heterocycles. The molecule has 7 rings (SSSR count). The van der Waals surface area contributed by atoms with Crippen LogP contribution in [-0.4, -0.2) is 44.8 Å². The topological polar surface area (TPSA) is 82.9 Å². The van der Waals surface area contributed by atoms with Crippen LogP contribution in [0.3, 0.4) is 0 Å². The molecule has 7 nitrogen and oxygen atoms in total. The number of rotatable bonds is 4. The molecule has 3 aromatic rings. The molecule has 4 fully saturated rings. The lowest BCUT2D eigenvalue weighted by atomic mass is 9.68. The minimum atomic E-state index is -4.19. The summed E-state index contributed by atoms with van der Waals surface area (Å²) in [5.41, 5.74) is 1.58. The van der Waals surface area contributed by atoms with Crippen molar-refractivity contribution >= 4 is 22.5 Å². The van der Waals surface area contributed by atoms with E-state index >= 15 is 0 Å². The number of aromatic nitrogens is 5. The maximum Gasteiger partial charge on any atom is 0.394 e. The SMILES string of the molecule is COc1ncc(C2CC(c3nc([C@H]4CC5(C(F)(F)F)CC4C5)c4nc(C)c(C)nc4n3)CCO2)s1. The summed E-state index contributed by atoms with van der Waals surface area (Å²) in [6.07, 6.45) is -0.769. The van der Waals surface area contributed by atoms with Gasteiger partial charge in [-0.25, -0.2) is 24.9 Å². The Morgan fingerprint density at radius 2 is 1.86 bits per heavy atom. The van der Waals surface area contributed by atoms with Crippen LogP contribution >= 0.6 is 11.3 Å². The van der Waals surface area contributed by atoms with E-state index in [1.165, 1.54) is 11.3 Å². The Morgan fingerprint density at radius 3 is 2.54 bits per heavy atom. The first-order valence-corrected chi connectivity index (χ1v) is 12.7. The summed E-state index contributed by atoms with van der Waals surface area (Å²) in [6.45, 7) is 4.27. The largest absolute Gasteiger partial charge is 0.473 e. The van der Waals surface area contributed by atoms with Gasteiger partial charge < -0.3 is 9.47 Å². The van der Waals surface area contributed by atoms with E-state index in [9.17, 15) is 13.2 Å². The van der Waals surface area contributed by atoms with Crippen LogP contribution in [0.2, 0.25) is 0 Å². The maximum absolute atomic E-state index is 13.8. The molecule has 3 saturated carbocycles. The number of fused-ring (bicyclic) bond motifs is 2. The van der Waals surface area contributed by atoms with Crippen molar-refractivity contribution in [3.63, 3.8) is 0 Å². The molecule has 1 aliphatic heterocycles. The van der Waals surface area contributed by atoms with Crippen molar-refractivity contribution in [2.75, 3.05) is 13.7 Å². The zero-order chi connectivity index (χ0) is 24.5. The van der Waals surface area contributed by atoms with E-state index in [1.807, 2.05) is 13.8 Å². The molecule has 35 heavy (non-hydrogen) atoms. The molecule has 0 amide bonds. The van der Waals surface area contributed by atoms with E-state index in [0.717, 1.165) is 22.7 Å². The van der Waals surface area contributed by atoms with Crippen LogP contribution in [0.25, 0.3) is 11.2 Å². The monoisotopic (exact) mass is 505 g/mol. The van der Waals surface area contributed by atoms with Crippen molar-refractivity contribution in [3.05, 3.63) is 34.0 Å². The van der Waals surface area contributed by atoms with E-state index in [4.69, 9.17) is 24.4 Å². The van der Waals surface area contributed by atoms with Gasteiger partial charge in [0.25, 0.3) is 5.19 Å². The molecular weight excluding hydrogens is 479 g/mol. The lowest BCUT2D eigenvalue weighted by Crippen LogP contribution is -2.42. The van der Waals surface area contributed by atoms with Gasteiger partial charge in [0.2, 0.25) is 0 Å². The van der Waals surface area contributed by atoms with Gasteiger partial charge in [-0.15, -0.1) is 0 Å². The first-order valence-electron chi connectivity index (χ1n) is 11.9. The third-order valence-electron chi connectivity index (χ3n) is 8.07. The number of nitrogens with zero attached hydrogens (tertiary/aromatic N) is 5. The fraction of sp³-hybridized carbons (Fsp3) is 0.625. The van der Waals surface area contributed by atoms with Crippen LogP contribution in [0.5, 0.6) is 5.19 Å². The highest BCUT2D eigenvalue weighted by molar-refractivity contribution is 7.13. The number of methoxy groups -OCH3 is 1. The lowest BCUT2D eigenvalue weighted by molar-refractivity contribution is -0.244. The van der Waals surface area contributed by atoms with Gasteiger partial charge in [-0.05, 0) is 51.9 Å². The van der Waals surface area contributed by atoms with Crippen molar-refractivity contribution < 1.29 is 22.6 Å². The highest BCUT2D eigenvalue weighted by Crippen LogP contribution is 2.70. The van der Waals surface area contributed by atoms with Crippen LogP contribution in [0.15, 0.2) is 6.20 Å². The molecular formula is C24H26F3N5O2S. The number of hydrogen-bond donors (Lipinski definition) is 0. The second kappa shape index (κ2) is 8.06. The minimum Gasteiger partial charge on any atom is -0.473 e. The first kappa shape index (κ1) is 23.0. The average Bonchev–Trinajstić information content (AvgIpc) is 3.53. The fourth-order valence-electron chi connectivity index (χ4n) is 5.98. The number of aryl methyl sites for hydroxylation is 2. The summed E-state index contributed by atoms with van der Waals surface area (Å²) in [5, 5.41) is 0.579. The average molecular weight is 506 g/mol. The molecule has 2 bridgehead atoms. The smallest absolute Gasteiger partial charge is 0.394 e. The summed E-state index contributed by atoms with van der Waals surface area (Å²) in [6, 6.07) is 0. The van der Waals surface area contributed by atoms with E-state index in [1.54, 1.807) is 13.3 Å². The third-order valence-corrected chi connectivity index (χ3v) is 9.12. The van der Waals surface area contributed by atoms with Crippen molar-refractivity contribution in [1.82, 2.24) is 24.9 Å². The Kier molecular flexibility index (Phi) is 5.30. The summed E-state index contributed by atoms with van der Waals surface area (Å²) in [7, 11) is 1.58. The standard InChI is InChI=1S/C24H26F3N5O2S/c1-11-12(2)30-21-19(29-11)18(15-9-23(24(25,26)27)7-14(15)8-23)31-20(32-21)13-4-5-34-16(6-13)17-10-28-22(33-3)35-17/h10,13-16H,4-9H2,1-3H3/t13?,14?,15-,16?,23?/m0/s1. The summed E-state index contributed by atoms with van der Waals surface area (Å²) in [5.74, 6) is 0.318. The molecule has 0 N–H and O–H groups in total. The maximum atomic E-state index is 13.8. The van der Waals surface area contributed by atoms with Crippen LogP contribution < -0.4 is 4.74 Å². The Balaban J connectivity index is 1.38. The van der Waals surface area contributed by atoms with E-state index < -0.39 is 11.6 Å². The van der Waals surface area contributed by atoms with Crippen LogP contribution in [0.1, 0.15) is 77.8 Å². The highest BCUT2D eigenvalue weighted by atomic mass is 32.1. The number of halogens is 3. The predicted octanol–water partition coefficient (Wildman–Crippen LogP) is 5.58. The second-order valence-corrected chi connectivity index (χ2v) is 11.1. The van der Waals surface area contributed by atoms with E-state index in [2.05, 4.69) is 9.97 Å². The zero-order valence-corrected chi connectivity index (χ0v) is 20.5. The number of ether oxygens (including phenoxy) is 2. The number of thiazole rings is 1. The van der Waals surface area contributed by atoms with Gasteiger partial charge in [0.1, 0.15) is 11.3 Å². The third kappa shape index (κ3) is 3.69. The molecule has 0 spiro atoms. The molecule has 4 heterocycles. The van der Waals surface area contributed by atoms with Crippen molar-refractivity contribution in [3.8, 4) is 5.19 Å². The first-order chi connectivity index (χ1) is 16.7. The van der Waals surface area contributed by atoms with Crippen molar-refractivity contribution in [1.29, 1.82) is 0 Å². The molecule has 3 aliphatic carbocycles. The number of hydrogen-bond acceptors (Lipinski definition) is 8. The van der Waals surface area contributed by atoms with Crippen LogP contribution in [-0.2, 0) is 4.74 Å². The zero-order valence-electron chi connectivity index (χ0n) is 19.7. The van der Waals surface area contributed by atoms with Gasteiger partial charge in [-0.3, -0.25) is 0 Å². The fourth-order valence-corrected chi connectivity index (χ4v) is 6.78. The minimum absolute atomic E-state index is 0.00128. The Morgan fingerprint density at radius 1 is 1.09 bits per heavy atom. The van der Waals surface area contributed by atoms with Crippen LogP contribution in [0, 0.1) is 25.2 Å². The Bertz CT molecular complexity index is 1290. The van der Waals surface area contributed by atoms with Gasteiger partial charge in [0.05, 0.1) is 40.6 Å². The lowest BCUT2D eigenvalue weighted by Gasteiger charge is -2.39. The highest BCUT2D eigenvalue weighted by Gasteiger charge is 2.69. The van der Waals surface area contributed by atoms with Crippen molar-refractivity contribution in [2.24, 2.45) is 11.3 Å². The molecule has 2 unspecified atom stereocenters. The van der Waals surface area contributed by atoms with Crippen LogP contribution in [0.4, 0.5) is 13.2 Å². The molecule has 1 saturated heterocycles. The molecule has 186 valence electrons. The molecule has 0 radical (unpaired) electrons. The van der Waals surface area contributed by atoms with Gasteiger partial charge in [0.15, 0.2) is 5.65 Å². The summed E-state index contributed by atoms with van der Waals surface area (Å²) in [4.78, 5) is 24.3. The predicted molar refractivity (Wildman–Crippen MR) is 123 cm³/mol. The molecule has 4 aliphatic rings. The van der Waals surface area contributed by atoms with Gasteiger partial charge in [-0.2, -0.15) is 13.2 Å². The van der Waals surface area contributed by atoms with E-state index in [0.29, 0.717) is 40.9 Å². The normalized spacial score (nSPS) is 30.5. The quantitative estimate of drug-likeness (QED) is 0.458. The Hall–Kier alpha value is -2.40. The molecule has 3 atom stereocenters. The summed E-state index contributed by atoms with van der Waals surface area (Å²) < 4.78 is 52.7. The number of alkyl halides is 3. The Labute approximate surface area is 204 Å². The van der Waals surface area contributed by atoms with Crippen molar-refractivity contribution in [2.45, 2.75) is 70.1 Å². The van der Waals surface area contributed by atoms with E-state index in [-0.39, 0.29) is 43.1 Å². The second-order valence-electron chi connectivity index (χ2n) is 10.1. The van der Waals surface area contributed by atoms with Gasteiger partial charge in [-0.1, -0.05) is 11.3 Å². The van der Waals surface area contributed by atoms with Gasteiger partial charge >= 0.3 is 6.18 Å². The van der Waals surface area contributed by atoms with Gasteiger partial charge in [0, 0.05) is 24.6 Å². The molecule has 0 aromatic carbocycles.